The molecule has 1 aromatic heterocycles. The van der Waals surface area contributed by atoms with E-state index in [0.717, 1.165) is 29.7 Å². The average molecular weight is 447 g/mol. The van der Waals surface area contributed by atoms with Gasteiger partial charge in [0.15, 0.2) is 6.61 Å². The van der Waals surface area contributed by atoms with E-state index < -0.39 is 18.5 Å². The Morgan fingerprint density at radius 2 is 1.84 bits per heavy atom. The Morgan fingerprint density at radius 1 is 1.12 bits per heavy atom. The molecule has 0 unspecified atom stereocenters. The van der Waals surface area contributed by atoms with Gasteiger partial charge in [0, 0.05) is 4.88 Å². The largest absolute Gasteiger partial charge is 0.457 e. The van der Waals surface area contributed by atoms with Crippen LogP contribution >= 0.6 is 11.3 Å². The SMILES string of the molecule is C[C@@H]1CCc2c(sc(NC(=O)COC(=O)c3ccc(Oc4ccccc4)cc3)c2C#N)C1. The van der Waals surface area contributed by atoms with Crippen molar-refractivity contribution in [2.75, 3.05) is 11.9 Å². The van der Waals surface area contributed by atoms with Crippen LogP contribution in [0.5, 0.6) is 11.5 Å². The highest BCUT2D eigenvalue weighted by Gasteiger charge is 2.24. The summed E-state index contributed by atoms with van der Waals surface area (Å²) in [5, 5.41) is 12.8. The number of carbonyl (C=O) groups is 2. The lowest BCUT2D eigenvalue weighted by Crippen LogP contribution is -2.20. The van der Waals surface area contributed by atoms with Crippen LogP contribution in [0.25, 0.3) is 0 Å². The van der Waals surface area contributed by atoms with Crippen LogP contribution in [-0.2, 0) is 22.4 Å². The van der Waals surface area contributed by atoms with Gasteiger partial charge in [-0.05, 0) is 67.1 Å². The minimum atomic E-state index is -0.605. The number of ether oxygens (including phenoxy) is 2. The molecule has 0 saturated heterocycles. The first-order valence-electron chi connectivity index (χ1n) is 10.4. The van der Waals surface area contributed by atoms with Crippen molar-refractivity contribution < 1.29 is 19.1 Å². The fraction of sp³-hybridized carbons (Fsp3) is 0.240. The number of carbonyl (C=O) groups excluding carboxylic acids is 2. The second-order valence-electron chi connectivity index (χ2n) is 7.73. The number of hydrogen-bond acceptors (Lipinski definition) is 6. The zero-order valence-corrected chi connectivity index (χ0v) is 18.4. The molecule has 2 aromatic carbocycles. The summed E-state index contributed by atoms with van der Waals surface area (Å²) < 4.78 is 10.8. The minimum absolute atomic E-state index is 0.316. The summed E-state index contributed by atoms with van der Waals surface area (Å²) in [6.07, 6.45) is 2.81. The molecule has 162 valence electrons. The number of esters is 1. The normalized spacial score (nSPS) is 14.7. The standard InChI is InChI=1S/C25H22N2O4S/c1-16-7-12-20-21(14-26)24(32-22(20)13-16)27-23(28)15-30-25(29)17-8-10-19(11-9-17)31-18-5-3-2-4-6-18/h2-6,8-11,16H,7,12-13,15H2,1H3,(H,27,28)/t16-/m1/s1. The summed E-state index contributed by atoms with van der Waals surface area (Å²) >= 11 is 1.44. The number of nitrogens with zero attached hydrogens (tertiary/aromatic N) is 1. The van der Waals surface area contributed by atoms with Gasteiger partial charge < -0.3 is 14.8 Å². The van der Waals surface area contributed by atoms with Crippen molar-refractivity contribution in [3.63, 3.8) is 0 Å². The number of rotatable bonds is 6. The van der Waals surface area contributed by atoms with Gasteiger partial charge in [0.2, 0.25) is 0 Å². The number of para-hydroxylation sites is 1. The Hall–Kier alpha value is -3.63. The molecular formula is C25H22N2O4S. The molecule has 0 spiro atoms. The molecule has 3 aromatic rings. The van der Waals surface area contributed by atoms with Gasteiger partial charge >= 0.3 is 5.97 Å². The predicted octanol–water partition coefficient (Wildman–Crippen LogP) is 5.33. The number of nitriles is 1. The number of fused-ring (bicyclic) bond motifs is 1. The van der Waals surface area contributed by atoms with E-state index in [4.69, 9.17) is 9.47 Å². The van der Waals surface area contributed by atoms with E-state index in [1.807, 2.05) is 30.3 Å². The maximum absolute atomic E-state index is 12.3. The molecule has 7 heteroatoms. The summed E-state index contributed by atoms with van der Waals surface area (Å²) in [6.45, 7) is 1.76. The van der Waals surface area contributed by atoms with E-state index in [0.29, 0.717) is 33.5 Å². The molecule has 32 heavy (non-hydrogen) atoms. The summed E-state index contributed by atoms with van der Waals surface area (Å²) in [4.78, 5) is 25.8. The zero-order valence-electron chi connectivity index (χ0n) is 17.6. The van der Waals surface area contributed by atoms with Crippen LogP contribution in [-0.4, -0.2) is 18.5 Å². The van der Waals surface area contributed by atoms with Crippen molar-refractivity contribution in [2.45, 2.75) is 26.2 Å². The van der Waals surface area contributed by atoms with E-state index in [-0.39, 0.29) is 0 Å². The summed E-state index contributed by atoms with van der Waals surface area (Å²) in [7, 11) is 0. The third-order valence-corrected chi connectivity index (χ3v) is 6.45. The van der Waals surface area contributed by atoms with Gasteiger partial charge in [0.1, 0.15) is 22.6 Å². The first-order chi connectivity index (χ1) is 15.5. The highest BCUT2D eigenvalue weighted by Crippen LogP contribution is 2.39. The second-order valence-corrected chi connectivity index (χ2v) is 8.84. The maximum atomic E-state index is 12.3. The molecule has 0 radical (unpaired) electrons. The van der Waals surface area contributed by atoms with E-state index in [1.165, 1.54) is 11.3 Å². The molecule has 1 heterocycles. The molecule has 1 N–H and O–H groups in total. The quantitative estimate of drug-likeness (QED) is 0.517. The number of nitrogens with one attached hydrogen (secondary N) is 1. The summed E-state index contributed by atoms with van der Waals surface area (Å²) in [5.74, 6) is 0.782. The van der Waals surface area contributed by atoms with Gasteiger partial charge in [-0.1, -0.05) is 25.1 Å². The highest BCUT2D eigenvalue weighted by atomic mass is 32.1. The Morgan fingerprint density at radius 3 is 2.56 bits per heavy atom. The monoisotopic (exact) mass is 446 g/mol. The van der Waals surface area contributed by atoms with E-state index in [9.17, 15) is 14.9 Å². The minimum Gasteiger partial charge on any atom is -0.457 e. The Bertz CT molecular complexity index is 1160. The lowest BCUT2D eigenvalue weighted by Gasteiger charge is -2.17. The van der Waals surface area contributed by atoms with Gasteiger partial charge in [-0.2, -0.15) is 5.26 Å². The fourth-order valence-corrected chi connectivity index (χ4v) is 5.00. The van der Waals surface area contributed by atoms with Crippen molar-refractivity contribution in [1.29, 1.82) is 5.26 Å². The van der Waals surface area contributed by atoms with Gasteiger partial charge in [0.05, 0.1) is 11.1 Å². The van der Waals surface area contributed by atoms with Gasteiger partial charge in [-0.15, -0.1) is 11.3 Å². The van der Waals surface area contributed by atoms with Crippen LogP contribution in [0.4, 0.5) is 5.00 Å². The van der Waals surface area contributed by atoms with Crippen LogP contribution in [0.3, 0.4) is 0 Å². The summed E-state index contributed by atoms with van der Waals surface area (Å²) in [5.41, 5.74) is 1.89. The lowest BCUT2D eigenvalue weighted by atomic mass is 9.89. The number of hydrogen-bond donors (Lipinski definition) is 1. The molecule has 0 fully saturated rings. The number of thiophene rings is 1. The number of anilines is 1. The van der Waals surface area contributed by atoms with Crippen LogP contribution in [0.15, 0.2) is 54.6 Å². The average Bonchev–Trinajstić information content (AvgIpc) is 3.14. The van der Waals surface area contributed by atoms with E-state index >= 15 is 0 Å². The molecule has 1 atom stereocenters. The first kappa shape index (κ1) is 21.6. The molecule has 4 rings (SSSR count). The Kier molecular flexibility index (Phi) is 6.52. The molecule has 1 amide bonds. The molecule has 0 saturated carbocycles. The first-order valence-corrected chi connectivity index (χ1v) is 11.2. The van der Waals surface area contributed by atoms with Crippen molar-refractivity contribution in [2.24, 2.45) is 5.92 Å². The molecular weight excluding hydrogens is 424 g/mol. The topological polar surface area (TPSA) is 88.4 Å². The van der Waals surface area contributed by atoms with Gasteiger partial charge in [-0.25, -0.2) is 4.79 Å². The molecule has 6 nitrogen and oxygen atoms in total. The van der Waals surface area contributed by atoms with Gasteiger partial charge in [0.25, 0.3) is 5.91 Å². The third-order valence-electron chi connectivity index (χ3n) is 5.28. The van der Waals surface area contributed by atoms with Crippen LogP contribution in [0, 0.1) is 17.2 Å². The van der Waals surface area contributed by atoms with Gasteiger partial charge in [-0.3, -0.25) is 4.79 Å². The smallest absolute Gasteiger partial charge is 0.338 e. The summed E-state index contributed by atoms with van der Waals surface area (Å²) in [6, 6.07) is 18.0. The van der Waals surface area contributed by atoms with Crippen molar-refractivity contribution in [3.8, 4) is 17.6 Å². The van der Waals surface area contributed by atoms with Crippen LogP contribution in [0.2, 0.25) is 0 Å². The second kappa shape index (κ2) is 9.67. The van der Waals surface area contributed by atoms with Crippen LogP contribution < -0.4 is 10.1 Å². The maximum Gasteiger partial charge on any atom is 0.338 e. The molecule has 0 bridgehead atoms. The zero-order chi connectivity index (χ0) is 22.5. The third kappa shape index (κ3) is 4.98. The fourth-order valence-electron chi connectivity index (χ4n) is 3.62. The Balaban J connectivity index is 1.32. The van der Waals surface area contributed by atoms with Crippen molar-refractivity contribution in [3.05, 3.63) is 76.2 Å². The lowest BCUT2D eigenvalue weighted by molar-refractivity contribution is -0.119. The predicted molar refractivity (Wildman–Crippen MR) is 122 cm³/mol. The van der Waals surface area contributed by atoms with E-state index in [2.05, 4.69) is 18.3 Å². The molecule has 1 aliphatic carbocycles. The number of benzene rings is 2. The number of amides is 1. The van der Waals surface area contributed by atoms with E-state index in [1.54, 1.807) is 24.3 Å². The molecule has 0 aliphatic heterocycles. The highest BCUT2D eigenvalue weighted by molar-refractivity contribution is 7.16. The molecule has 1 aliphatic rings. The Labute approximate surface area is 190 Å². The van der Waals surface area contributed by atoms with Crippen LogP contribution in [0.1, 0.15) is 39.7 Å². The van der Waals surface area contributed by atoms with Crippen molar-refractivity contribution >= 4 is 28.2 Å². The van der Waals surface area contributed by atoms with Crippen molar-refractivity contribution in [1.82, 2.24) is 0 Å².